The van der Waals surface area contributed by atoms with Crippen molar-refractivity contribution in [2.45, 2.75) is 19.3 Å². The number of hydrogen-bond donors (Lipinski definition) is 2. The summed E-state index contributed by atoms with van der Waals surface area (Å²) in [5.74, 6) is -1.49. The Kier molecular flexibility index (Phi) is 11.6. The molecule has 2 N–H and O–H groups in total. The number of ether oxygens (including phenoxy) is 4. The molecule has 9 heteroatoms. The first kappa shape index (κ1) is 27.0. The number of aliphatic carboxylic acids is 2. The third kappa shape index (κ3) is 8.94. The maximum Gasteiger partial charge on any atom is 0.338 e. The third-order valence-electron chi connectivity index (χ3n) is 4.45. The Labute approximate surface area is 192 Å². The van der Waals surface area contributed by atoms with Crippen LogP contribution in [0, 0.1) is 0 Å². The average Bonchev–Trinajstić information content (AvgIpc) is 2.83. The molecule has 0 aromatic heterocycles. The number of esters is 1. The highest BCUT2D eigenvalue weighted by atomic mass is 16.5. The molecule has 9 nitrogen and oxygen atoms in total. The zero-order chi connectivity index (χ0) is 24.8. The zero-order valence-corrected chi connectivity index (χ0v) is 18.9. The zero-order valence-electron chi connectivity index (χ0n) is 18.9. The standard InChI is InChI=1S/C20H24O5.C4H4O4/c1-5-14(15-9-7-6-8-10-15)13-25-20(21)16-11-17(22-2)19(24-4)18(12-16)23-3;5-3(6)1-2-4(7)8/h6-12,14H,5,13H2,1-4H3;1-2H,(H,5,6)(H,7,8). The van der Waals surface area contributed by atoms with Crippen LogP contribution in [0.5, 0.6) is 17.2 Å². The van der Waals surface area contributed by atoms with Crippen molar-refractivity contribution in [3.8, 4) is 17.2 Å². The van der Waals surface area contributed by atoms with Gasteiger partial charge in [-0.25, -0.2) is 14.4 Å². The summed E-state index contributed by atoms with van der Waals surface area (Å²) in [6.45, 7) is 2.39. The molecule has 0 radical (unpaired) electrons. The normalized spacial score (nSPS) is 11.0. The van der Waals surface area contributed by atoms with Gasteiger partial charge in [0.25, 0.3) is 0 Å². The van der Waals surface area contributed by atoms with Crippen LogP contribution in [-0.4, -0.2) is 56.1 Å². The summed E-state index contributed by atoms with van der Waals surface area (Å²) in [6.07, 6.45) is 2.00. The van der Waals surface area contributed by atoms with E-state index in [4.69, 9.17) is 29.2 Å². The first-order valence-electron chi connectivity index (χ1n) is 9.93. The van der Waals surface area contributed by atoms with Crippen LogP contribution in [-0.2, 0) is 14.3 Å². The van der Waals surface area contributed by atoms with Crippen LogP contribution in [0.4, 0.5) is 0 Å². The van der Waals surface area contributed by atoms with Gasteiger partial charge in [-0.15, -0.1) is 0 Å². The lowest BCUT2D eigenvalue weighted by Gasteiger charge is -2.17. The second-order valence-electron chi connectivity index (χ2n) is 6.54. The molecule has 2 aromatic rings. The van der Waals surface area contributed by atoms with E-state index in [0.717, 1.165) is 12.0 Å². The molecule has 2 rings (SSSR count). The molecular weight excluding hydrogens is 432 g/mol. The Morgan fingerprint density at radius 3 is 1.79 bits per heavy atom. The van der Waals surface area contributed by atoms with Crippen LogP contribution in [0.3, 0.4) is 0 Å². The van der Waals surface area contributed by atoms with Crippen molar-refractivity contribution in [1.29, 1.82) is 0 Å². The van der Waals surface area contributed by atoms with Crippen molar-refractivity contribution in [2.24, 2.45) is 0 Å². The number of hydrogen-bond acceptors (Lipinski definition) is 7. The minimum atomic E-state index is -1.26. The van der Waals surface area contributed by atoms with Gasteiger partial charge in [-0.3, -0.25) is 0 Å². The van der Waals surface area contributed by atoms with Gasteiger partial charge in [0.15, 0.2) is 11.5 Å². The molecule has 0 saturated heterocycles. The quantitative estimate of drug-likeness (QED) is 0.402. The minimum absolute atomic E-state index is 0.159. The van der Waals surface area contributed by atoms with Crippen molar-refractivity contribution in [3.63, 3.8) is 0 Å². The summed E-state index contributed by atoms with van der Waals surface area (Å²) in [4.78, 5) is 31.6. The van der Waals surface area contributed by atoms with Gasteiger partial charge in [-0.2, -0.15) is 0 Å². The molecule has 1 atom stereocenters. The predicted molar refractivity (Wildman–Crippen MR) is 120 cm³/mol. The third-order valence-corrected chi connectivity index (χ3v) is 4.45. The van der Waals surface area contributed by atoms with Gasteiger partial charge in [0.05, 0.1) is 33.5 Å². The Morgan fingerprint density at radius 2 is 1.39 bits per heavy atom. The number of carboxylic acid groups (broad SMARTS) is 2. The molecule has 0 spiro atoms. The van der Waals surface area contributed by atoms with E-state index < -0.39 is 17.9 Å². The lowest BCUT2D eigenvalue weighted by Crippen LogP contribution is -2.13. The largest absolute Gasteiger partial charge is 0.493 e. The first-order chi connectivity index (χ1) is 15.8. The van der Waals surface area contributed by atoms with E-state index in [-0.39, 0.29) is 5.92 Å². The van der Waals surface area contributed by atoms with Crippen molar-refractivity contribution in [2.75, 3.05) is 27.9 Å². The number of methoxy groups -OCH3 is 3. The van der Waals surface area contributed by atoms with Gasteiger partial charge in [0, 0.05) is 18.1 Å². The lowest BCUT2D eigenvalue weighted by molar-refractivity contribution is -0.134. The minimum Gasteiger partial charge on any atom is -0.493 e. The van der Waals surface area contributed by atoms with E-state index in [2.05, 4.69) is 6.92 Å². The van der Waals surface area contributed by atoms with E-state index in [1.807, 2.05) is 30.3 Å². The van der Waals surface area contributed by atoms with Gasteiger partial charge in [0.1, 0.15) is 0 Å². The number of carbonyl (C=O) groups is 3. The number of carboxylic acids is 2. The fraction of sp³-hybridized carbons (Fsp3) is 0.292. The fourth-order valence-corrected chi connectivity index (χ4v) is 2.78. The summed E-state index contributed by atoms with van der Waals surface area (Å²) < 4.78 is 21.3. The monoisotopic (exact) mass is 460 g/mol. The van der Waals surface area contributed by atoms with E-state index in [1.54, 1.807) is 12.1 Å². The molecule has 0 amide bonds. The van der Waals surface area contributed by atoms with Crippen LogP contribution < -0.4 is 14.2 Å². The molecule has 0 aliphatic rings. The summed E-state index contributed by atoms with van der Waals surface area (Å²) in [6, 6.07) is 13.2. The number of rotatable bonds is 10. The molecule has 0 saturated carbocycles. The second kappa shape index (κ2) is 14.1. The summed E-state index contributed by atoms with van der Waals surface area (Å²) in [7, 11) is 4.54. The molecular formula is C24H28O9. The summed E-state index contributed by atoms with van der Waals surface area (Å²) in [5.41, 5.74) is 1.51. The molecule has 0 fully saturated rings. The second-order valence-corrected chi connectivity index (χ2v) is 6.54. The van der Waals surface area contributed by atoms with Crippen molar-refractivity contribution < 1.29 is 43.5 Å². The highest BCUT2D eigenvalue weighted by Gasteiger charge is 2.19. The molecule has 0 aliphatic carbocycles. The molecule has 178 valence electrons. The topological polar surface area (TPSA) is 129 Å². The van der Waals surface area contributed by atoms with Crippen LogP contribution >= 0.6 is 0 Å². The van der Waals surface area contributed by atoms with Crippen LogP contribution in [0.25, 0.3) is 0 Å². The van der Waals surface area contributed by atoms with Crippen LogP contribution in [0.2, 0.25) is 0 Å². The SMILES string of the molecule is CCC(COC(=O)c1cc(OC)c(OC)c(OC)c1)c1ccccc1.O=C(O)C=CC(=O)O. The van der Waals surface area contributed by atoms with E-state index in [9.17, 15) is 14.4 Å². The number of carbonyl (C=O) groups excluding carboxylic acids is 1. The van der Waals surface area contributed by atoms with Gasteiger partial charge in [-0.05, 0) is 24.1 Å². The van der Waals surface area contributed by atoms with Crippen molar-refractivity contribution in [3.05, 3.63) is 65.7 Å². The Morgan fingerprint density at radius 1 is 0.879 bits per heavy atom. The molecule has 0 heterocycles. The lowest BCUT2D eigenvalue weighted by atomic mass is 9.97. The van der Waals surface area contributed by atoms with E-state index in [0.29, 0.717) is 41.6 Å². The molecule has 0 bridgehead atoms. The van der Waals surface area contributed by atoms with Crippen LogP contribution in [0.15, 0.2) is 54.6 Å². The van der Waals surface area contributed by atoms with Gasteiger partial charge in [0.2, 0.25) is 5.75 Å². The fourth-order valence-electron chi connectivity index (χ4n) is 2.78. The van der Waals surface area contributed by atoms with Gasteiger partial charge >= 0.3 is 17.9 Å². The Balaban J connectivity index is 0.000000582. The van der Waals surface area contributed by atoms with Crippen molar-refractivity contribution in [1.82, 2.24) is 0 Å². The molecule has 1 unspecified atom stereocenters. The van der Waals surface area contributed by atoms with Gasteiger partial charge in [-0.1, -0.05) is 37.3 Å². The number of benzene rings is 2. The highest BCUT2D eigenvalue weighted by molar-refractivity contribution is 5.91. The molecule has 0 aliphatic heterocycles. The summed E-state index contributed by atoms with van der Waals surface area (Å²) in [5, 5.41) is 15.6. The summed E-state index contributed by atoms with van der Waals surface area (Å²) >= 11 is 0. The first-order valence-corrected chi connectivity index (χ1v) is 9.93. The molecule has 33 heavy (non-hydrogen) atoms. The maximum absolute atomic E-state index is 12.5. The van der Waals surface area contributed by atoms with Crippen LogP contribution in [0.1, 0.15) is 35.2 Å². The molecule has 2 aromatic carbocycles. The maximum atomic E-state index is 12.5. The highest BCUT2D eigenvalue weighted by Crippen LogP contribution is 2.38. The van der Waals surface area contributed by atoms with E-state index in [1.165, 1.54) is 21.3 Å². The Bertz CT molecular complexity index is 911. The van der Waals surface area contributed by atoms with Gasteiger partial charge < -0.3 is 29.2 Å². The predicted octanol–water partition coefficient (Wildman–Crippen LogP) is 3.77. The Hall–Kier alpha value is -4.01. The van der Waals surface area contributed by atoms with Crippen molar-refractivity contribution >= 4 is 17.9 Å². The average molecular weight is 460 g/mol. The smallest absolute Gasteiger partial charge is 0.338 e. The van der Waals surface area contributed by atoms with E-state index >= 15 is 0 Å².